The molecule has 3 heteroatoms. The molecule has 0 aliphatic rings. The first kappa shape index (κ1) is 14.3. The van der Waals surface area contributed by atoms with Crippen LogP contribution in [0.3, 0.4) is 0 Å². The number of nitrogens with zero attached hydrogens (tertiary/aromatic N) is 1. The highest BCUT2D eigenvalue weighted by atomic mass is 16.5. The Balaban J connectivity index is 1.89. The largest absolute Gasteiger partial charge is 0.491 e. The van der Waals surface area contributed by atoms with E-state index in [-0.39, 0.29) is 11.9 Å². The van der Waals surface area contributed by atoms with Gasteiger partial charge in [-0.3, -0.25) is 9.78 Å². The van der Waals surface area contributed by atoms with Gasteiger partial charge in [0.2, 0.25) is 0 Å². The molecule has 1 aromatic heterocycles. The molecule has 0 unspecified atom stereocenters. The van der Waals surface area contributed by atoms with Crippen molar-refractivity contribution in [3.63, 3.8) is 0 Å². The van der Waals surface area contributed by atoms with Gasteiger partial charge in [0.05, 0.1) is 6.10 Å². The molecule has 0 N–H and O–H groups in total. The number of hydrogen-bond acceptors (Lipinski definition) is 3. The average Bonchev–Trinajstić information content (AvgIpc) is 2.46. The number of carbonyl (C=O) groups is 1. The van der Waals surface area contributed by atoms with Gasteiger partial charge < -0.3 is 4.74 Å². The van der Waals surface area contributed by atoms with Crippen molar-refractivity contribution in [3.8, 4) is 5.75 Å². The number of carbonyl (C=O) groups excluding carboxylic acids is 1. The van der Waals surface area contributed by atoms with Crippen LogP contribution in [0.15, 0.2) is 48.7 Å². The van der Waals surface area contributed by atoms with E-state index in [1.54, 1.807) is 12.3 Å². The Hall–Kier alpha value is -2.16. The van der Waals surface area contributed by atoms with E-state index >= 15 is 0 Å². The monoisotopic (exact) mass is 269 g/mol. The van der Waals surface area contributed by atoms with Gasteiger partial charge in [-0.05, 0) is 50.1 Å². The van der Waals surface area contributed by atoms with Gasteiger partial charge in [0, 0.05) is 12.6 Å². The SMILES string of the molecule is CC(C)Oc1ccc(CCC(=O)c2ccccn2)cc1. The quantitative estimate of drug-likeness (QED) is 0.751. The average molecular weight is 269 g/mol. The fourth-order valence-electron chi connectivity index (χ4n) is 1.92. The Morgan fingerprint density at radius 1 is 1.15 bits per heavy atom. The molecule has 2 aromatic rings. The molecule has 0 saturated carbocycles. The van der Waals surface area contributed by atoms with Crippen molar-refractivity contribution in [2.75, 3.05) is 0 Å². The number of aromatic nitrogens is 1. The predicted molar refractivity (Wildman–Crippen MR) is 79.1 cm³/mol. The van der Waals surface area contributed by atoms with E-state index in [1.807, 2.05) is 50.2 Å². The van der Waals surface area contributed by atoms with Crippen molar-refractivity contribution in [1.29, 1.82) is 0 Å². The summed E-state index contributed by atoms with van der Waals surface area (Å²) in [5.41, 5.74) is 1.66. The lowest BCUT2D eigenvalue weighted by Gasteiger charge is -2.09. The molecule has 0 aliphatic carbocycles. The number of ketones is 1. The molecule has 0 bridgehead atoms. The van der Waals surface area contributed by atoms with Crippen LogP contribution in [0.4, 0.5) is 0 Å². The molecule has 1 heterocycles. The third-order valence-electron chi connectivity index (χ3n) is 2.89. The van der Waals surface area contributed by atoms with E-state index in [0.29, 0.717) is 12.1 Å². The summed E-state index contributed by atoms with van der Waals surface area (Å²) in [4.78, 5) is 16.0. The summed E-state index contributed by atoms with van der Waals surface area (Å²) in [5, 5.41) is 0. The highest BCUT2D eigenvalue weighted by molar-refractivity contribution is 5.94. The van der Waals surface area contributed by atoms with Crippen molar-refractivity contribution in [2.45, 2.75) is 32.8 Å². The molecule has 3 nitrogen and oxygen atoms in total. The summed E-state index contributed by atoms with van der Waals surface area (Å²) in [6, 6.07) is 13.3. The predicted octanol–water partition coefficient (Wildman–Crippen LogP) is 3.68. The zero-order valence-electron chi connectivity index (χ0n) is 11.9. The van der Waals surface area contributed by atoms with Crippen LogP contribution in [-0.4, -0.2) is 16.9 Å². The summed E-state index contributed by atoms with van der Waals surface area (Å²) >= 11 is 0. The lowest BCUT2D eigenvalue weighted by molar-refractivity contribution is 0.0978. The molecule has 0 spiro atoms. The zero-order chi connectivity index (χ0) is 14.4. The normalized spacial score (nSPS) is 10.6. The molecule has 0 aliphatic heterocycles. The van der Waals surface area contributed by atoms with Crippen LogP contribution >= 0.6 is 0 Å². The van der Waals surface area contributed by atoms with Gasteiger partial charge in [0.15, 0.2) is 5.78 Å². The van der Waals surface area contributed by atoms with Crippen LogP contribution in [0.1, 0.15) is 36.3 Å². The molecular weight excluding hydrogens is 250 g/mol. The summed E-state index contributed by atoms with van der Waals surface area (Å²) in [7, 11) is 0. The van der Waals surface area contributed by atoms with Crippen LogP contribution in [0.5, 0.6) is 5.75 Å². The first-order valence-electron chi connectivity index (χ1n) is 6.85. The van der Waals surface area contributed by atoms with Crippen LogP contribution < -0.4 is 4.74 Å². The van der Waals surface area contributed by atoms with Gasteiger partial charge in [-0.25, -0.2) is 0 Å². The smallest absolute Gasteiger partial charge is 0.181 e. The van der Waals surface area contributed by atoms with Crippen molar-refractivity contribution in [3.05, 3.63) is 59.9 Å². The second kappa shape index (κ2) is 6.85. The minimum absolute atomic E-state index is 0.0770. The highest BCUT2D eigenvalue weighted by Gasteiger charge is 2.07. The number of aryl methyl sites for hydroxylation is 1. The summed E-state index contributed by atoms with van der Waals surface area (Å²) in [6.45, 7) is 4.00. The van der Waals surface area contributed by atoms with Gasteiger partial charge >= 0.3 is 0 Å². The minimum atomic E-state index is 0.0770. The number of ether oxygens (including phenoxy) is 1. The van der Waals surface area contributed by atoms with Gasteiger partial charge in [-0.2, -0.15) is 0 Å². The lowest BCUT2D eigenvalue weighted by Crippen LogP contribution is -2.05. The topological polar surface area (TPSA) is 39.2 Å². The Morgan fingerprint density at radius 3 is 2.50 bits per heavy atom. The van der Waals surface area contributed by atoms with Crippen molar-refractivity contribution in [1.82, 2.24) is 4.98 Å². The maximum absolute atomic E-state index is 11.9. The first-order valence-corrected chi connectivity index (χ1v) is 6.85. The summed E-state index contributed by atoms with van der Waals surface area (Å²) < 4.78 is 5.59. The number of Topliss-reactive ketones (excluding diaryl/α,β-unsaturated/α-hetero) is 1. The summed E-state index contributed by atoms with van der Waals surface area (Å²) in [5.74, 6) is 0.938. The Bertz CT molecular complexity index is 547. The van der Waals surface area contributed by atoms with Crippen LogP contribution in [0.25, 0.3) is 0 Å². The second-order valence-electron chi connectivity index (χ2n) is 4.95. The molecule has 20 heavy (non-hydrogen) atoms. The molecule has 0 amide bonds. The fourth-order valence-corrected chi connectivity index (χ4v) is 1.92. The second-order valence-corrected chi connectivity index (χ2v) is 4.95. The van der Waals surface area contributed by atoms with E-state index in [1.165, 1.54) is 0 Å². The minimum Gasteiger partial charge on any atom is -0.491 e. The van der Waals surface area contributed by atoms with Crippen molar-refractivity contribution in [2.24, 2.45) is 0 Å². The van der Waals surface area contributed by atoms with Crippen molar-refractivity contribution >= 4 is 5.78 Å². The lowest BCUT2D eigenvalue weighted by atomic mass is 10.1. The van der Waals surface area contributed by atoms with Crippen LogP contribution in [-0.2, 0) is 6.42 Å². The third-order valence-corrected chi connectivity index (χ3v) is 2.89. The van der Waals surface area contributed by atoms with Gasteiger partial charge in [0.1, 0.15) is 11.4 Å². The fraction of sp³-hybridized carbons (Fsp3) is 0.294. The number of benzene rings is 1. The van der Waals surface area contributed by atoms with E-state index < -0.39 is 0 Å². The standard InChI is InChI=1S/C17H19NO2/c1-13(2)20-15-9-6-14(7-10-15)8-11-17(19)16-5-3-4-12-18-16/h3-7,9-10,12-13H,8,11H2,1-2H3. The molecular formula is C17H19NO2. The van der Waals surface area contributed by atoms with E-state index in [2.05, 4.69) is 4.98 Å². The number of hydrogen-bond donors (Lipinski definition) is 0. The molecule has 0 saturated heterocycles. The Kier molecular flexibility index (Phi) is 4.88. The molecule has 1 aromatic carbocycles. The molecule has 0 fully saturated rings. The maximum atomic E-state index is 11.9. The Morgan fingerprint density at radius 2 is 1.90 bits per heavy atom. The number of pyridine rings is 1. The molecule has 2 rings (SSSR count). The molecule has 0 atom stereocenters. The van der Waals surface area contributed by atoms with Crippen molar-refractivity contribution < 1.29 is 9.53 Å². The highest BCUT2D eigenvalue weighted by Crippen LogP contribution is 2.15. The first-order chi connectivity index (χ1) is 9.65. The molecule has 104 valence electrons. The van der Waals surface area contributed by atoms with Crippen LogP contribution in [0, 0.1) is 0 Å². The maximum Gasteiger partial charge on any atom is 0.181 e. The van der Waals surface area contributed by atoms with E-state index in [4.69, 9.17) is 4.74 Å². The van der Waals surface area contributed by atoms with Gasteiger partial charge in [0.25, 0.3) is 0 Å². The molecule has 0 radical (unpaired) electrons. The third kappa shape index (κ3) is 4.19. The van der Waals surface area contributed by atoms with Gasteiger partial charge in [-0.1, -0.05) is 18.2 Å². The van der Waals surface area contributed by atoms with Gasteiger partial charge in [-0.15, -0.1) is 0 Å². The van der Waals surface area contributed by atoms with E-state index in [9.17, 15) is 4.79 Å². The Labute approximate surface area is 119 Å². The van der Waals surface area contributed by atoms with Crippen LogP contribution in [0.2, 0.25) is 0 Å². The zero-order valence-corrected chi connectivity index (χ0v) is 11.9. The number of rotatable bonds is 6. The summed E-state index contributed by atoms with van der Waals surface area (Å²) in [6.07, 6.45) is 3.01. The van der Waals surface area contributed by atoms with E-state index in [0.717, 1.165) is 17.7 Å².